The number of amides is 1. The summed E-state index contributed by atoms with van der Waals surface area (Å²) in [7, 11) is 0. The van der Waals surface area contributed by atoms with Gasteiger partial charge >= 0.3 is 0 Å². The molecule has 3 rings (SSSR count). The number of carbonyl (C=O) groups is 1. The molecular weight excluding hydrogens is 308 g/mol. The number of nitrogens with zero attached hydrogens (tertiary/aromatic N) is 3. The van der Waals surface area contributed by atoms with Crippen LogP contribution in [0.3, 0.4) is 0 Å². The molecule has 7 heteroatoms. The summed E-state index contributed by atoms with van der Waals surface area (Å²) < 4.78 is 3.93. The number of carbonyl (C=O) groups excluding carboxylic acids is 1. The normalized spacial score (nSPS) is 21.1. The molecule has 2 aliphatic rings. The third kappa shape index (κ3) is 3.38. The Labute approximate surface area is 136 Å². The molecular formula is C14H23ClN4OS. The smallest absolute Gasteiger partial charge is 0.267 e. The molecule has 0 bridgehead atoms. The molecule has 118 valence electrons. The maximum absolute atomic E-state index is 12.6. The molecule has 1 aromatic heterocycles. The zero-order valence-electron chi connectivity index (χ0n) is 12.4. The van der Waals surface area contributed by atoms with Crippen molar-refractivity contribution in [2.75, 3.05) is 26.2 Å². The van der Waals surface area contributed by atoms with Gasteiger partial charge in [0.25, 0.3) is 5.91 Å². The molecule has 0 atom stereocenters. The average molecular weight is 331 g/mol. The minimum atomic E-state index is 0. The molecule has 2 aliphatic heterocycles. The van der Waals surface area contributed by atoms with Crippen LogP contribution in [-0.2, 0) is 6.42 Å². The van der Waals surface area contributed by atoms with Crippen LogP contribution in [0.15, 0.2) is 0 Å². The predicted molar refractivity (Wildman–Crippen MR) is 86.2 cm³/mol. The number of nitrogens with one attached hydrogen (secondary N) is 1. The van der Waals surface area contributed by atoms with Crippen LogP contribution in [0, 0.1) is 5.41 Å². The van der Waals surface area contributed by atoms with E-state index in [0.717, 1.165) is 56.0 Å². The first-order valence-electron chi connectivity index (χ1n) is 7.55. The highest BCUT2D eigenvalue weighted by molar-refractivity contribution is 7.08. The van der Waals surface area contributed by atoms with Crippen LogP contribution < -0.4 is 5.32 Å². The van der Waals surface area contributed by atoms with E-state index in [1.165, 1.54) is 24.4 Å². The maximum Gasteiger partial charge on any atom is 0.267 e. The number of rotatable bonds is 2. The van der Waals surface area contributed by atoms with Crippen LogP contribution in [0.4, 0.5) is 0 Å². The maximum atomic E-state index is 12.6. The summed E-state index contributed by atoms with van der Waals surface area (Å²) in [6, 6.07) is 0. The van der Waals surface area contributed by atoms with E-state index < -0.39 is 0 Å². The Morgan fingerprint density at radius 2 is 1.95 bits per heavy atom. The first-order valence-corrected chi connectivity index (χ1v) is 8.33. The van der Waals surface area contributed by atoms with Crippen LogP contribution in [0.2, 0.25) is 0 Å². The van der Waals surface area contributed by atoms with Crippen molar-refractivity contribution in [2.45, 2.75) is 39.0 Å². The fourth-order valence-corrected chi connectivity index (χ4v) is 4.11. The molecule has 0 saturated carbocycles. The van der Waals surface area contributed by atoms with Gasteiger partial charge in [-0.3, -0.25) is 4.79 Å². The number of aryl methyl sites for hydroxylation is 1. The minimum Gasteiger partial charge on any atom is -0.338 e. The van der Waals surface area contributed by atoms with Crippen molar-refractivity contribution in [3.05, 3.63) is 10.6 Å². The molecule has 2 fully saturated rings. The first-order chi connectivity index (χ1) is 9.74. The van der Waals surface area contributed by atoms with Crippen molar-refractivity contribution >= 4 is 29.8 Å². The molecule has 2 saturated heterocycles. The predicted octanol–water partition coefficient (Wildman–Crippen LogP) is 2.13. The fourth-order valence-electron chi connectivity index (χ4n) is 3.39. The van der Waals surface area contributed by atoms with Crippen LogP contribution in [0.25, 0.3) is 0 Å². The molecule has 1 N–H and O–H groups in total. The monoisotopic (exact) mass is 330 g/mol. The third-order valence-corrected chi connectivity index (χ3v) is 5.62. The number of aromatic nitrogens is 2. The van der Waals surface area contributed by atoms with Crippen LogP contribution in [0.5, 0.6) is 0 Å². The Bertz CT molecular complexity index is 477. The SMILES string of the molecule is CCc1nnsc1C(=O)N1CCC2(CCNCC2)CC1.Cl. The van der Waals surface area contributed by atoms with Crippen LogP contribution >= 0.6 is 23.9 Å². The van der Waals surface area contributed by atoms with E-state index >= 15 is 0 Å². The van der Waals surface area contributed by atoms with Gasteiger partial charge in [0.1, 0.15) is 4.88 Å². The summed E-state index contributed by atoms with van der Waals surface area (Å²) >= 11 is 1.24. The second kappa shape index (κ2) is 7.03. The van der Waals surface area contributed by atoms with Gasteiger partial charge in [0.05, 0.1) is 5.69 Å². The number of halogens is 1. The fraction of sp³-hybridized carbons (Fsp3) is 0.786. The number of hydrogen-bond acceptors (Lipinski definition) is 5. The molecule has 3 heterocycles. The van der Waals surface area contributed by atoms with Gasteiger partial charge < -0.3 is 10.2 Å². The zero-order chi connectivity index (χ0) is 14.0. The van der Waals surface area contributed by atoms with Crippen molar-refractivity contribution in [3.8, 4) is 0 Å². The standard InChI is InChI=1S/C14H22N4OS.ClH/c1-2-11-12(20-17-16-11)13(19)18-9-5-14(6-10-18)3-7-15-8-4-14;/h15H,2-10H2,1H3;1H. The van der Waals surface area contributed by atoms with E-state index in [-0.39, 0.29) is 18.3 Å². The Hall–Kier alpha value is -0.720. The van der Waals surface area contributed by atoms with Crippen molar-refractivity contribution in [1.82, 2.24) is 19.8 Å². The molecule has 0 radical (unpaired) electrons. The lowest BCUT2D eigenvalue weighted by atomic mass is 9.71. The molecule has 0 aromatic carbocycles. The third-order valence-electron chi connectivity index (χ3n) is 4.86. The highest BCUT2D eigenvalue weighted by Gasteiger charge is 2.37. The minimum absolute atomic E-state index is 0. The second-order valence-corrected chi connectivity index (χ2v) is 6.70. The van der Waals surface area contributed by atoms with Crippen molar-refractivity contribution in [3.63, 3.8) is 0 Å². The number of piperidine rings is 2. The van der Waals surface area contributed by atoms with Gasteiger partial charge in [0.15, 0.2) is 0 Å². The van der Waals surface area contributed by atoms with Gasteiger partial charge in [-0.2, -0.15) is 0 Å². The van der Waals surface area contributed by atoms with Crippen LogP contribution in [0.1, 0.15) is 48.0 Å². The van der Waals surface area contributed by atoms with Gasteiger partial charge in [0.2, 0.25) is 0 Å². The molecule has 1 amide bonds. The van der Waals surface area contributed by atoms with Gasteiger partial charge in [-0.05, 0) is 62.1 Å². The quantitative estimate of drug-likeness (QED) is 0.902. The number of hydrogen-bond donors (Lipinski definition) is 1. The lowest BCUT2D eigenvalue weighted by molar-refractivity contribution is 0.0499. The van der Waals surface area contributed by atoms with Crippen LogP contribution in [-0.4, -0.2) is 46.6 Å². The lowest BCUT2D eigenvalue weighted by Gasteiger charge is -2.44. The van der Waals surface area contributed by atoms with E-state index in [2.05, 4.69) is 14.9 Å². The summed E-state index contributed by atoms with van der Waals surface area (Å²) in [4.78, 5) is 15.3. The zero-order valence-corrected chi connectivity index (χ0v) is 14.1. The number of likely N-dealkylation sites (tertiary alicyclic amines) is 1. The summed E-state index contributed by atoms with van der Waals surface area (Å²) in [6.45, 7) is 6.06. The van der Waals surface area contributed by atoms with Gasteiger partial charge in [-0.15, -0.1) is 17.5 Å². The summed E-state index contributed by atoms with van der Waals surface area (Å²) in [6.07, 6.45) is 5.60. The van der Waals surface area contributed by atoms with Gasteiger partial charge in [0, 0.05) is 13.1 Å². The first kappa shape index (κ1) is 16.6. The largest absolute Gasteiger partial charge is 0.338 e. The molecule has 0 aliphatic carbocycles. The Morgan fingerprint density at radius 1 is 1.29 bits per heavy atom. The van der Waals surface area contributed by atoms with E-state index in [1.807, 2.05) is 11.8 Å². The molecule has 1 aromatic rings. The summed E-state index contributed by atoms with van der Waals surface area (Å²) in [5.41, 5.74) is 1.34. The molecule has 21 heavy (non-hydrogen) atoms. The second-order valence-electron chi connectivity index (χ2n) is 5.94. The average Bonchev–Trinajstić information content (AvgIpc) is 2.97. The topological polar surface area (TPSA) is 58.1 Å². The van der Waals surface area contributed by atoms with E-state index in [0.29, 0.717) is 5.41 Å². The Kier molecular flexibility index (Phi) is 5.57. The summed E-state index contributed by atoms with van der Waals surface area (Å²) in [5, 5.41) is 7.48. The highest BCUT2D eigenvalue weighted by Crippen LogP contribution is 2.39. The van der Waals surface area contributed by atoms with Gasteiger partial charge in [-0.25, -0.2) is 0 Å². The van der Waals surface area contributed by atoms with Crippen molar-refractivity contribution in [1.29, 1.82) is 0 Å². The Morgan fingerprint density at radius 3 is 2.57 bits per heavy atom. The van der Waals surface area contributed by atoms with E-state index in [1.54, 1.807) is 0 Å². The lowest BCUT2D eigenvalue weighted by Crippen LogP contribution is -2.47. The van der Waals surface area contributed by atoms with Gasteiger partial charge in [-0.1, -0.05) is 11.4 Å². The van der Waals surface area contributed by atoms with Crippen molar-refractivity contribution in [2.24, 2.45) is 5.41 Å². The molecule has 5 nitrogen and oxygen atoms in total. The highest BCUT2D eigenvalue weighted by atomic mass is 35.5. The summed E-state index contributed by atoms with van der Waals surface area (Å²) in [5.74, 6) is 0.139. The molecule has 1 spiro atoms. The van der Waals surface area contributed by atoms with E-state index in [9.17, 15) is 4.79 Å². The van der Waals surface area contributed by atoms with Crippen molar-refractivity contribution < 1.29 is 4.79 Å². The molecule has 0 unspecified atom stereocenters. The van der Waals surface area contributed by atoms with E-state index in [4.69, 9.17) is 0 Å². The Balaban J connectivity index is 0.00000161.